The smallest absolute Gasteiger partial charge is 0.227 e. The summed E-state index contributed by atoms with van der Waals surface area (Å²) in [6, 6.07) is 11.1. The molecule has 1 saturated heterocycles. The molecule has 3 rings (SSSR count). The quantitative estimate of drug-likeness (QED) is 0.811. The van der Waals surface area contributed by atoms with Crippen molar-refractivity contribution in [3.05, 3.63) is 59.4 Å². The molecule has 1 N–H and O–H groups in total. The lowest BCUT2D eigenvalue weighted by molar-refractivity contribution is -0.134. The van der Waals surface area contributed by atoms with E-state index in [0.29, 0.717) is 30.3 Å². The molecule has 1 aromatic carbocycles. The molecule has 1 amide bonds. The van der Waals surface area contributed by atoms with Crippen LogP contribution in [0, 0.1) is 0 Å². The minimum absolute atomic E-state index is 0. The highest BCUT2D eigenvalue weighted by Crippen LogP contribution is 2.14. The number of carbonyl (C=O) groups excluding carboxylic acids is 1. The first kappa shape index (κ1) is 22.5. The minimum atomic E-state index is 0. The number of aromatic nitrogens is 1. The Morgan fingerprint density at radius 2 is 2.04 bits per heavy atom. The highest BCUT2D eigenvalue weighted by Gasteiger charge is 2.27. The highest BCUT2D eigenvalue weighted by molar-refractivity contribution is 6.30. The van der Waals surface area contributed by atoms with E-state index in [2.05, 4.69) is 10.3 Å². The normalized spacial score (nSPS) is 16.2. The van der Waals surface area contributed by atoms with Gasteiger partial charge in [-0.05, 0) is 29.8 Å². The number of carbonyl (C=O) groups is 1. The van der Waals surface area contributed by atoms with Crippen LogP contribution in [-0.2, 0) is 11.2 Å². The molecule has 5 nitrogen and oxygen atoms in total. The van der Waals surface area contributed by atoms with Crippen LogP contribution in [0.2, 0.25) is 5.02 Å². The number of piperazine rings is 1. The molecule has 0 saturated carbocycles. The molecule has 1 aromatic heterocycles. The Balaban J connectivity index is 0.00000169. The van der Waals surface area contributed by atoms with Crippen LogP contribution in [0.1, 0.15) is 5.56 Å². The summed E-state index contributed by atoms with van der Waals surface area (Å²) in [5.41, 5.74) is 0.967. The van der Waals surface area contributed by atoms with E-state index in [1.165, 1.54) is 0 Å². The van der Waals surface area contributed by atoms with Crippen molar-refractivity contribution >= 4 is 42.3 Å². The Morgan fingerprint density at radius 3 is 2.73 bits per heavy atom. The van der Waals surface area contributed by atoms with Gasteiger partial charge in [0.2, 0.25) is 5.91 Å². The fourth-order valence-electron chi connectivity index (χ4n) is 2.74. The van der Waals surface area contributed by atoms with Crippen molar-refractivity contribution in [3.63, 3.8) is 0 Å². The average molecular weight is 419 g/mol. The van der Waals surface area contributed by atoms with Crippen LogP contribution < -0.4 is 10.1 Å². The number of halogens is 3. The predicted octanol–water partition coefficient (Wildman–Crippen LogP) is 3.00. The first-order chi connectivity index (χ1) is 11.7. The molecular formula is C18H22Cl3N3O2. The molecule has 1 aliphatic rings. The van der Waals surface area contributed by atoms with Crippen LogP contribution in [0.5, 0.6) is 5.75 Å². The van der Waals surface area contributed by atoms with Crippen LogP contribution >= 0.6 is 36.4 Å². The first-order valence-electron chi connectivity index (χ1n) is 8.00. The Morgan fingerprint density at radius 1 is 1.27 bits per heavy atom. The summed E-state index contributed by atoms with van der Waals surface area (Å²) in [5.74, 6) is 0.826. The van der Waals surface area contributed by atoms with Gasteiger partial charge >= 0.3 is 0 Å². The zero-order chi connectivity index (χ0) is 16.8. The third-order valence-corrected chi connectivity index (χ3v) is 4.27. The zero-order valence-electron chi connectivity index (χ0n) is 14.1. The van der Waals surface area contributed by atoms with Gasteiger partial charge in [-0.2, -0.15) is 0 Å². The van der Waals surface area contributed by atoms with Crippen molar-refractivity contribution in [2.75, 3.05) is 26.2 Å². The van der Waals surface area contributed by atoms with Crippen molar-refractivity contribution in [1.82, 2.24) is 15.2 Å². The van der Waals surface area contributed by atoms with E-state index in [1.54, 1.807) is 12.4 Å². The van der Waals surface area contributed by atoms with E-state index < -0.39 is 0 Å². The van der Waals surface area contributed by atoms with Gasteiger partial charge in [0.05, 0.1) is 18.7 Å². The van der Waals surface area contributed by atoms with Gasteiger partial charge in [-0.15, -0.1) is 24.8 Å². The van der Waals surface area contributed by atoms with Gasteiger partial charge in [-0.1, -0.05) is 23.7 Å². The van der Waals surface area contributed by atoms with E-state index in [9.17, 15) is 4.79 Å². The summed E-state index contributed by atoms with van der Waals surface area (Å²) in [6.45, 7) is 2.67. The van der Waals surface area contributed by atoms with Crippen LogP contribution in [-0.4, -0.2) is 48.1 Å². The number of pyridine rings is 1. The lowest BCUT2D eigenvalue weighted by Gasteiger charge is -2.36. The Hall–Kier alpha value is -1.53. The van der Waals surface area contributed by atoms with Crippen LogP contribution in [0.25, 0.3) is 0 Å². The Labute approximate surface area is 170 Å². The SMILES string of the molecule is Cl.Cl.O=C(Cc1ccc(Cl)cc1)N1CCNCC1COc1cccnc1. The lowest BCUT2D eigenvalue weighted by atomic mass is 10.1. The van der Waals surface area contributed by atoms with Gasteiger partial charge in [0.15, 0.2) is 0 Å². The van der Waals surface area contributed by atoms with E-state index >= 15 is 0 Å². The third-order valence-electron chi connectivity index (χ3n) is 4.02. The maximum absolute atomic E-state index is 12.7. The molecule has 0 bridgehead atoms. The molecule has 142 valence electrons. The van der Waals surface area contributed by atoms with Gasteiger partial charge in [0.1, 0.15) is 12.4 Å². The molecule has 1 fully saturated rings. The maximum Gasteiger partial charge on any atom is 0.227 e. The molecule has 2 heterocycles. The largest absolute Gasteiger partial charge is 0.490 e. The molecule has 1 unspecified atom stereocenters. The predicted molar refractivity (Wildman–Crippen MR) is 108 cm³/mol. The molecule has 0 radical (unpaired) electrons. The zero-order valence-corrected chi connectivity index (χ0v) is 16.5. The van der Waals surface area contributed by atoms with Crippen molar-refractivity contribution in [2.24, 2.45) is 0 Å². The second-order valence-electron chi connectivity index (χ2n) is 5.75. The summed E-state index contributed by atoms with van der Waals surface area (Å²) in [5, 5.41) is 4.00. The highest BCUT2D eigenvalue weighted by atomic mass is 35.5. The molecule has 8 heteroatoms. The van der Waals surface area contributed by atoms with Gasteiger partial charge < -0.3 is 15.0 Å². The molecule has 0 aliphatic carbocycles. The van der Waals surface area contributed by atoms with Crippen molar-refractivity contribution in [3.8, 4) is 5.75 Å². The molecular weight excluding hydrogens is 397 g/mol. The minimum Gasteiger partial charge on any atom is -0.490 e. The van der Waals surface area contributed by atoms with E-state index in [-0.39, 0.29) is 36.8 Å². The fourth-order valence-corrected chi connectivity index (χ4v) is 2.87. The number of benzene rings is 1. The maximum atomic E-state index is 12.7. The number of amides is 1. The summed E-state index contributed by atoms with van der Waals surface area (Å²) < 4.78 is 5.78. The number of hydrogen-bond acceptors (Lipinski definition) is 4. The number of rotatable bonds is 5. The van der Waals surface area contributed by atoms with Crippen molar-refractivity contribution in [2.45, 2.75) is 12.5 Å². The summed E-state index contributed by atoms with van der Waals surface area (Å²) in [4.78, 5) is 18.6. The molecule has 2 aromatic rings. The monoisotopic (exact) mass is 417 g/mol. The third kappa shape index (κ3) is 6.32. The number of nitrogens with zero attached hydrogens (tertiary/aromatic N) is 2. The number of hydrogen-bond donors (Lipinski definition) is 1. The van der Waals surface area contributed by atoms with E-state index in [4.69, 9.17) is 16.3 Å². The second kappa shape index (κ2) is 11.2. The van der Waals surface area contributed by atoms with Crippen LogP contribution in [0.15, 0.2) is 48.8 Å². The van der Waals surface area contributed by atoms with Gasteiger partial charge in [-0.25, -0.2) is 0 Å². The van der Waals surface area contributed by atoms with Gasteiger partial charge in [-0.3, -0.25) is 9.78 Å². The number of nitrogens with one attached hydrogen (secondary N) is 1. The van der Waals surface area contributed by atoms with E-state index in [0.717, 1.165) is 18.7 Å². The first-order valence-corrected chi connectivity index (χ1v) is 8.37. The number of ether oxygens (including phenoxy) is 1. The average Bonchev–Trinajstić information content (AvgIpc) is 2.63. The molecule has 26 heavy (non-hydrogen) atoms. The van der Waals surface area contributed by atoms with Crippen molar-refractivity contribution < 1.29 is 9.53 Å². The second-order valence-corrected chi connectivity index (χ2v) is 6.18. The summed E-state index contributed by atoms with van der Waals surface area (Å²) in [7, 11) is 0. The topological polar surface area (TPSA) is 54.5 Å². The van der Waals surface area contributed by atoms with Crippen LogP contribution in [0.3, 0.4) is 0 Å². The fraction of sp³-hybridized carbons (Fsp3) is 0.333. The molecule has 1 aliphatic heterocycles. The standard InChI is InChI=1S/C18H20ClN3O2.2ClH/c19-15-5-3-14(4-6-15)10-18(23)22-9-8-21-11-16(22)13-24-17-2-1-7-20-12-17;;/h1-7,12,16,21H,8-11,13H2;2*1H. The molecule has 0 spiro atoms. The summed E-state index contributed by atoms with van der Waals surface area (Å²) in [6.07, 6.45) is 3.76. The Bertz CT molecular complexity index is 671. The van der Waals surface area contributed by atoms with Crippen molar-refractivity contribution in [1.29, 1.82) is 0 Å². The lowest BCUT2D eigenvalue weighted by Crippen LogP contribution is -2.56. The summed E-state index contributed by atoms with van der Waals surface area (Å²) >= 11 is 5.89. The van der Waals surface area contributed by atoms with E-state index in [1.807, 2.05) is 41.3 Å². The molecule has 1 atom stereocenters. The van der Waals surface area contributed by atoms with Crippen LogP contribution in [0.4, 0.5) is 0 Å². The van der Waals surface area contributed by atoms with Gasteiger partial charge in [0, 0.05) is 30.9 Å². The van der Waals surface area contributed by atoms with Gasteiger partial charge in [0.25, 0.3) is 0 Å². The Kier molecular flexibility index (Phi) is 9.73.